The average Bonchev–Trinajstić information content (AvgIpc) is 2.85. The SMILES string of the molecule is CC(C)(C(=O)NCc1ccc(Cl)cc1)C(=O)NC1CCS(=O)(=O)C1. The van der Waals surface area contributed by atoms with Gasteiger partial charge in [-0.05, 0) is 38.0 Å². The van der Waals surface area contributed by atoms with E-state index in [1.54, 1.807) is 24.3 Å². The summed E-state index contributed by atoms with van der Waals surface area (Å²) in [4.78, 5) is 24.7. The summed E-state index contributed by atoms with van der Waals surface area (Å²) in [6.45, 7) is 3.32. The molecule has 6 nitrogen and oxygen atoms in total. The standard InChI is InChI=1S/C16H21ClN2O4S/c1-16(2,15(21)19-13-7-8-24(22,23)10-13)14(20)18-9-11-3-5-12(17)6-4-11/h3-6,13H,7-10H2,1-2H3,(H,18,20)(H,19,21). The molecular formula is C16H21ClN2O4S. The maximum atomic E-state index is 12.3. The van der Waals surface area contributed by atoms with Crippen LogP contribution >= 0.6 is 11.6 Å². The third kappa shape index (κ3) is 4.70. The molecule has 0 saturated carbocycles. The van der Waals surface area contributed by atoms with Crippen LogP contribution in [0.1, 0.15) is 25.8 Å². The molecule has 1 saturated heterocycles. The molecule has 0 aliphatic carbocycles. The minimum atomic E-state index is -3.08. The minimum Gasteiger partial charge on any atom is -0.351 e. The van der Waals surface area contributed by atoms with E-state index in [4.69, 9.17) is 11.6 Å². The predicted molar refractivity (Wildman–Crippen MR) is 92.3 cm³/mol. The van der Waals surface area contributed by atoms with E-state index in [0.29, 0.717) is 11.4 Å². The van der Waals surface area contributed by atoms with E-state index in [9.17, 15) is 18.0 Å². The quantitative estimate of drug-likeness (QED) is 0.761. The summed E-state index contributed by atoms with van der Waals surface area (Å²) in [6, 6.07) is 6.60. The molecule has 8 heteroatoms. The van der Waals surface area contributed by atoms with Gasteiger partial charge in [0.25, 0.3) is 0 Å². The zero-order chi connectivity index (χ0) is 18.0. The first-order valence-corrected chi connectivity index (χ1v) is 9.84. The lowest BCUT2D eigenvalue weighted by Gasteiger charge is -2.24. The molecular weight excluding hydrogens is 352 g/mol. The molecule has 0 aromatic heterocycles. The number of benzene rings is 1. The third-order valence-corrected chi connectivity index (χ3v) is 6.09. The van der Waals surface area contributed by atoms with Gasteiger partial charge in [-0.15, -0.1) is 0 Å². The second-order valence-electron chi connectivity index (χ2n) is 6.51. The van der Waals surface area contributed by atoms with Gasteiger partial charge in [-0.25, -0.2) is 8.42 Å². The Balaban J connectivity index is 1.91. The topological polar surface area (TPSA) is 92.3 Å². The molecule has 0 bridgehead atoms. The number of nitrogens with one attached hydrogen (secondary N) is 2. The molecule has 1 aromatic carbocycles. The fourth-order valence-corrected chi connectivity index (χ4v) is 4.18. The van der Waals surface area contributed by atoms with Crippen LogP contribution in [0.3, 0.4) is 0 Å². The van der Waals surface area contributed by atoms with E-state index >= 15 is 0 Å². The first-order valence-electron chi connectivity index (χ1n) is 7.64. The van der Waals surface area contributed by atoms with Crippen LogP contribution in [0.5, 0.6) is 0 Å². The average molecular weight is 373 g/mol. The second-order valence-corrected chi connectivity index (χ2v) is 9.17. The number of sulfone groups is 1. The number of hydrogen-bond donors (Lipinski definition) is 2. The summed E-state index contributed by atoms with van der Waals surface area (Å²) < 4.78 is 22.9. The van der Waals surface area contributed by atoms with Crippen LogP contribution in [0, 0.1) is 5.41 Å². The second kappa shape index (κ2) is 7.11. The molecule has 2 rings (SSSR count). The van der Waals surface area contributed by atoms with Crippen molar-refractivity contribution in [2.45, 2.75) is 32.9 Å². The molecule has 1 fully saturated rings. The van der Waals surface area contributed by atoms with Gasteiger partial charge in [-0.3, -0.25) is 9.59 Å². The zero-order valence-corrected chi connectivity index (χ0v) is 15.2. The van der Waals surface area contributed by atoms with Gasteiger partial charge in [0, 0.05) is 17.6 Å². The Morgan fingerprint density at radius 1 is 1.21 bits per heavy atom. The summed E-state index contributed by atoms with van der Waals surface area (Å²) in [6.07, 6.45) is 0.385. The van der Waals surface area contributed by atoms with Gasteiger partial charge in [-0.2, -0.15) is 0 Å². The highest BCUT2D eigenvalue weighted by molar-refractivity contribution is 7.91. The fraction of sp³-hybridized carbons (Fsp3) is 0.500. The van der Waals surface area contributed by atoms with E-state index in [-0.39, 0.29) is 18.1 Å². The fourth-order valence-electron chi connectivity index (χ4n) is 2.38. The first-order chi connectivity index (χ1) is 11.1. The molecule has 1 aromatic rings. The van der Waals surface area contributed by atoms with Crippen LogP contribution in [-0.2, 0) is 26.0 Å². The molecule has 1 heterocycles. The zero-order valence-electron chi connectivity index (χ0n) is 13.6. The van der Waals surface area contributed by atoms with Gasteiger partial charge in [0.05, 0.1) is 11.5 Å². The Bertz CT molecular complexity index is 729. The van der Waals surface area contributed by atoms with Gasteiger partial charge < -0.3 is 10.6 Å². The van der Waals surface area contributed by atoms with E-state index in [1.165, 1.54) is 13.8 Å². The van der Waals surface area contributed by atoms with Crippen LogP contribution in [0.4, 0.5) is 0 Å². The van der Waals surface area contributed by atoms with Gasteiger partial charge in [0.2, 0.25) is 11.8 Å². The van der Waals surface area contributed by atoms with E-state index < -0.39 is 33.1 Å². The van der Waals surface area contributed by atoms with Crippen molar-refractivity contribution in [2.75, 3.05) is 11.5 Å². The normalized spacial score (nSPS) is 19.7. The lowest BCUT2D eigenvalue weighted by molar-refractivity contribution is -0.141. The van der Waals surface area contributed by atoms with Crippen molar-refractivity contribution in [1.29, 1.82) is 0 Å². The maximum absolute atomic E-state index is 12.3. The molecule has 1 atom stereocenters. The van der Waals surface area contributed by atoms with Gasteiger partial charge in [0.1, 0.15) is 5.41 Å². The van der Waals surface area contributed by atoms with E-state index in [0.717, 1.165) is 5.56 Å². The van der Waals surface area contributed by atoms with Crippen molar-refractivity contribution < 1.29 is 18.0 Å². The molecule has 0 spiro atoms. The summed E-state index contributed by atoms with van der Waals surface area (Å²) in [7, 11) is -3.08. The van der Waals surface area contributed by atoms with Crippen molar-refractivity contribution in [3.8, 4) is 0 Å². The van der Waals surface area contributed by atoms with E-state index in [2.05, 4.69) is 10.6 Å². The largest absolute Gasteiger partial charge is 0.351 e. The molecule has 1 unspecified atom stereocenters. The van der Waals surface area contributed by atoms with Crippen LogP contribution in [-0.4, -0.2) is 37.8 Å². The summed E-state index contributed by atoms with van der Waals surface area (Å²) >= 11 is 5.81. The molecule has 24 heavy (non-hydrogen) atoms. The van der Waals surface area contributed by atoms with Crippen LogP contribution in [0.2, 0.25) is 5.02 Å². The highest BCUT2D eigenvalue weighted by atomic mass is 35.5. The summed E-state index contributed by atoms with van der Waals surface area (Å²) in [5.74, 6) is -0.892. The maximum Gasteiger partial charge on any atom is 0.235 e. The Labute approximate surface area is 146 Å². The van der Waals surface area contributed by atoms with Gasteiger partial charge >= 0.3 is 0 Å². The number of halogens is 1. The predicted octanol–water partition coefficient (Wildman–Crippen LogP) is 1.29. The van der Waals surface area contributed by atoms with Gasteiger partial charge in [-0.1, -0.05) is 23.7 Å². The number of rotatable bonds is 5. The third-order valence-electron chi connectivity index (χ3n) is 4.07. The Morgan fingerprint density at radius 2 is 1.83 bits per heavy atom. The Morgan fingerprint density at radius 3 is 2.38 bits per heavy atom. The minimum absolute atomic E-state index is 0.0682. The molecule has 2 amide bonds. The van der Waals surface area contributed by atoms with Crippen molar-refractivity contribution >= 4 is 33.3 Å². The van der Waals surface area contributed by atoms with Crippen molar-refractivity contribution in [3.05, 3.63) is 34.9 Å². The summed E-state index contributed by atoms with van der Waals surface area (Å²) in [5, 5.41) is 5.99. The van der Waals surface area contributed by atoms with Crippen LogP contribution in [0.25, 0.3) is 0 Å². The van der Waals surface area contributed by atoms with Gasteiger partial charge in [0.15, 0.2) is 9.84 Å². The lowest BCUT2D eigenvalue weighted by atomic mass is 9.90. The lowest BCUT2D eigenvalue weighted by Crippen LogP contribution is -2.50. The molecule has 2 N–H and O–H groups in total. The highest BCUT2D eigenvalue weighted by Crippen LogP contribution is 2.19. The smallest absolute Gasteiger partial charge is 0.235 e. The molecule has 1 aliphatic rings. The number of carbonyl (C=O) groups excluding carboxylic acids is 2. The highest BCUT2D eigenvalue weighted by Gasteiger charge is 2.38. The van der Waals surface area contributed by atoms with Crippen molar-refractivity contribution in [3.63, 3.8) is 0 Å². The molecule has 1 aliphatic heterocycles. The number of hydrogen-bond acceptors (Lipinski definition) is 4. The Kier molecular flexibility index (Phi) is 5.55. The molecule has 0 radical (unpaired) electrons. The van der Waals surface area contributed by atoms with Crippen molar-refractivity contribution in [2.24, 2.45) is 5.41 Å². The summed E-state index contributed by atoms with van der Waals surface area (Å²) in [5.41, 5.74) is -0.426. The van der Waals surface area contributed by atoms with E-state index in [1.807, 2.05) is 0 Å². The number of amides is 2. The monoisotopic (exact) mass is 372 g/mol. The number of carbonyl (C=O) groups is 2. The van der Waals surface area contributed by atoms with Crippen LogP contribution < -0.4 is 10.6 Å². The Hall–Kier alpha value is -1.60. The first kappa shape index (κ1) is 18.7. The van der Waals surface area contributed by atoms with Crippen LogP contribution in [0.15, 0.2) is 24.3 Å². The molecule has 132 valence electrons. The van der Waals surface area contributed by atoms with Crippen molar-refractivity contribution in [1.82, 2.24) is 10.6 Å².